The molecule has 0 atom stereocenters. The predicted octanol–water partition coefficient (Wildman–Crippen LogP) is 5.87. The lowest BCUT2D eigenvalue weighted by Gasteiger charge is -2.06. The van der Waals surface area contributed by atoms with Crippen LogP contribution in [0.4, 0.5) is 8.78 Å². The third-order valence-electron chi connectivity index (χ3n) is 3.79. The Kier molecular flexibility index (Phi) is 5.88. The lowest BCUT2D eigenvalue weighted by Crippen LogP contribution is -1.96. The minimum Gasteiger partial charge on any atom is -0.207 e. The molecule has 0 spiro atoms. The lowest BCUT2D eigenvalue weighted by atomic mass is 10.0. The van der Waals surface area contributed by atoms with Gasteiger partial charge in [0.25, 0.3) is 0 Å². The molecule has 0 aliphatic carbocycles. The van der Waals surface area contributed by atoms with Crippen LogP contribution >= 0.6 is 0 Å². The lowest BCUT2D eigenvalue weighted by molar-refractivity contribution is 0.564. The number of hydrogen-bond acceptors (Lipinski definition) is 0. The summed E-state index contributed by atoms with van der Waals surface area (Å²) >= 11 is 0. The van der Waals surface area contributed by atoms with Gasteiger partial charge in [0.05, 0.1) is 0 Å². The fraction of sp³-hybridized carbons (Fsp3) is 0.300. The monoisotopic (exact) mass is 300 g/mol. The van der Waals surface area contributed by atoms with Crippen LogP contribution in [-0.4, -0.2) is 0 Å². The standard InChI is InChI=1S/C20H22F2/c1-3-4-5-6-16-7-9-17(10-8-16)11-12-18-13-19(21)15(2)20(22)14-18/h5-10,13-14H,3-4,11-12H2,1-2H3/b6-5+. The van der Waals surface area contributed by atoms with Crippen molar-refractivity contribution in [2.75, 3.05) is 0 Å². The van der Waals surface area contributed by atoms with Gasteiger partial charge in [-0.3, -0.25) is 0 Å². The molecule has 0 aliphatic heterocycles. The van der Waals surface area contributed by atoms with Crippen molar-refractivity contribution in [1.29, 1.82) is 0 Å². The first-order chi connectivity index (χ1) is 10.6. The summed E-state index contributed by atoms with van der Waals surface area (Å²) in [6, 6.07) is 11.2. The molecule has 0 nitrogen and oxygen atoms in total. The number of rotatable bonds is 6. The van der Waals surface area contributed by atoms with Gasteiger partial charge in [0, 0.05) is 5.56 Å². The molecule has 2 aromatic carbocycles. The normalized spacial score (nSPS) is 11.3. The van der Waals surface area contributed by atoms with E-state index in [4.69, 9.17) is 0 Å². The zero-order valence-corrected chi connectivity index (χ0v) is 13.2. The zero-order chi connectivity index (χ0) is 15.9. The van der Waals surface area contributed by atoms with Crippen LogP contribution in [0.1, 0.15) is 42.0 Å². The highest BCUT2D eigenvalue weighted by molar-refractivity contribution is 5.49. The van der Waals surface area contributed by atoms with Gasteiger partial charge >= 0.3 is 0 Å². The second-order valence-electron chi connectivity index (χ2n) is 5.62. The summed E-state index contributed by atoms with van der Waals surface area (Å²) in [6.07, 6.45) is 7.95. The number of allylic oxidation sites excluding steroid dienone is 1. The first kappa shape index (κ1) is 16.4. The minimum atomic E-state index is -0.466. The third kappa shape index (κ3) is 4.52. The van der Waals surface area contributed by atoms with E-state index in [1.165, 1.54) is 30.2 Å². The van der Waals surface area contributed by atoms with Crippen molar-refractivity contribution in [3.05, 3.63) is 76.4 Å². The predicted molar refractivity (Wildman–Crippen MR) is 88.9 cm³/mol. The van der Waals surface area contributed by atoms with Crippen molar-refractivity contribution in [3.8, 4) is 0 Å². The molecule has 116 valence electrons. The second-order valence-corrected chi connectivity index (χ2v) is 5.62. The van der Waals surface area contributed by atoms with Gasteiger partial charge in [-0.15, -0.1) is 0 Å². The van der Waals surface area contributed by atoms with E-state index >= 15 is 0 Å². The van der Waals surface area contributed by atoms with E-state index in [0.717, 1.165) is 19.3 Å². The molecule has 0 N–H and O–H groups in total. The maximum atomic E-state index is 13.5. The highest BCUT2D eigenvalue weighted by Gasteiger charge is 2.06. The average Bonchev–Trinajstić information content (AvgIpc) is 2.52. The number of aryl methyl sites for hydroxylation is 2. The summed E-state index contributed by atoms with van der Waals surface area (Å²) in [4.78, 5) is 0. The molecule has 0 heterocycles. The highest BCUT2D eigenvalue weighted by atomic mass is 19.1. The van der Waals surface area contributed by atoms with Crippen molar-refractivity contribution >= 4 is 6.08 Å². The molecule has 2 aromatic rings. The van der Waals surface area contributed by atoms with E-state index in [1.807, 2.05) is 0 Å². The Labute approximate surface area is 131 Å². The summed E-state index contributed by atoms with van der Waals surface area (Å²) in [5.41, 5.74) is 3.15. The topological polar surface area (TPSA) is 0 Å². The van der Waals surface area contributed by atoms with E-state index in [2.05, 4.69) is 43.3 Å². The molecule has 0 radical (unpaired) electrons. The van der Waals surface area contributed by atoms with Gasteiger partial charge in [-0.2, -0.15) is 0 Å². The van der Waals surface area contributed by atoms with Gasteiger partial charge in [-0.25, -0.2) is 8.78 Å². The molecule has 22 heavy (non-hydrogen) atoms. The van der Waals surface area contributed by atoms with Gasteiger partial charge in [-0.05, 0) is 55.0 Å². The maximum Gasteiger partial charge on any atom is 0.129 e. The summed E-state index contributed by atoms with van der Waals surface area (Å²) in [7, 11) is 0. The summed E-state index contributed by atoms with van der Waals surface area (Å²) < 4.78 is 27.0. The Morgan fingerprint density at radius 1 is 0.909 bits per heavy atom. The molecule has 0 fully saturated rings. The van der Waals surface area contributed by atoms with Crippen LogP contribution in [0.15, 0.2) is 42.5 Å². The fourth-order valence-corrected chi connectivity index (χ4v) is 2.31. The van der Waals surface area contributed by atoms with Crippen molar-refractivity contribution in [3.63, 3.8) is 0 Å². The first-order valence-corrected chi connectivity index (χ1v) is 7.80. The largest absolute Gasteiger partial charge is 0.207 e. The smallest absolute Gasteiger partial charge is 0.129 e. The molecular formula is C20H22F2. The van der Waals surface area contributed by atoms with Crippen LogP contribution in [0.25, 0.3) is 6.08 Å². The third-order valence-corrected chi connectivity index (χ3v) is 3.79. The summed E-state index contributed by atoms with van der Waals surface area (Å²) in [6.45, 7) is 3.61. The van der Waals surface area contributed by atoms with Gasteiger partial charge in [0.15, 0.2) is 0 Å². The van der Waals surface area contributed by atoms with Gasteiger partial charge in [0.2, 0.25) is 0 Å². The fourth-order valence-electron chi connectivity index (χ4n) is 2.31. The van der Waals surface area contributed by atoms with E-state index in [1.54, 1.807) is 0 Å². The van der Waals surface area contributed by atoms with E-state index in [-0.39, 0.29) is 5.56 Å². The van der Waals surface area contributed by atoms with E-state index in [0.29, 0.717) is 12.0 Å². The molecule has 0 aromatic heterocycles. The van der Waals surface area contributed by atoms with Crippen LogP contribution in [0.5, 0.6) is 0 Å². The molecule has 0 saturated heterocycles. The Morgan fingerprint density at radius 2 is 1.50 bits per heavy atom. The van der Waals surface area contributed by atoms with Crippen LogP contribution in [0, 0.1) is 18.6 Å². The van der Waals surface area contributed by atoms with Crippen LogP contribution < -0.4 is 0 Å². The summed E-state index contributed by atoms with van der Waals surface area (Å²) in [5, 5.41) is 0. The Bertz CT molecular complexity index is 616. The van der Waals surface area contributed by atoms with Gasteiger partial charge < -0.3 is 0 Å². The van der Waals surface area contributed by atoms with E-state index in [9.17, 15) is 8.78 Å². The summed E-state index contributed by atoms with van der Waals surface area (Å²) in [5.74, 6) is -0.933. The molecule has 0 unspecified atom stereocenters. The molecule has 0 bridgehead atoms. The Balaban J connectivity index is 1.97. The SMILES string of the molecule is CCC/C=C/c1ccc(CCc2cc(F)c(C)c(F)c2)cc1. The van der Waals surface area contributed by atoms with E-state index < -0.39 is 11.6 Å². The van der Waals surface area contributed by atoms with Crippen LogP contribution in [0.3, 0.4) is 0 Å². The van der Waals surface area contributed by atoms with Crippen molar-refractivity contribution in [2.24, 2.45) is 0 Å². The first-order valence-electron chi connectivity index (χ1n) is 7.80. The van der Waals surface area contributed by atoms with Gasteiger partial charge in [-0.1, -0.05) is 49.8 Å². The Morgan fingerprint density at radius 3 is 2.09 bits per heavy atom. The minimum absolute atomic E-state index is 0.0898. The zero-order valence-electron chi connectivity index (χ0n) is 13.2. The van der Waals surface area contributed by atoms with Crippen molar-refractivity contribution in [2.45, 2.75) is 39.5 Å². The highest BCUT2D eigenvalue weighted by Crippen LogP contribution is 2.16. The van der Waals surface area contributed by atoms with Crippen molar-refractivity contribution in [1.82, 2.24) is 0 Å². The number of hydrogen-bond donors (Lipinski definition) is 0. The number of halogens is 2. The molecular weight excluding hydrogens is 278 g/mol. The molecule has 0 saturated carbocycles. The maximum absolute atomic E-state index is 13.5. The number of unbranched alkanes of at least 4 members (excludes halogenated alkanes) is 1. The van der Waals surface area contributed by atoms with Crippen molar-refractivity contribution < 1.29 is 8.78 Å². The molecule has 2 rings (SSSR count). The molecule has 0 aliphatic rings. The second kappa shape index (κ2) is 7.88. The van der Waals surface area contributed by atoms with Crippen LogP contribution in [-0.2, 0) is 12.8 Å². The molecule has 2 heteroatoms. The quantitative estimate of drug-likeness (QED) is 0.625. The van der Waals surface area contributed by atoms with Crippen LogP contribution in [0.2, 0.25) is 0 Å². The Hall–Kier alpha value is -1.96. The number of benzene rings is 2. The van der Waals surface area contributed by atoms with Gasteiger partial charge in [0.1, 0.15) is 11.6 Å². The average molecular weight is 300 g/mol. The molecule has 0 amide bonds.